The number of aliphatic carboxylic acids is 1. The van der Waals surface area contributed by atoms with E-state index in [1.54, 1.807) is 0 Å². The van der Waals surface area contributed by atoms with Crippen LogP contribution >= 0.6 is 0 Å². The summed E-state index contributed by atoms with van der Waals surface area (Å²) in [5.74, 6) is 1.25. The van der Waals surface area contributed by atoms with E-state index < -0.39 is 5.97 Å². The molecule has 4 rings (SSSR count). The number of anilines is 2. The Hall–Kier alpha value is -3.16. The van der Waals surface area contributed by atoms with Gasteiger partial charge in [-0.15, -0.1) is 0 Å². The number of aromatic nitrogens is 4. The SMILES string of the molecule is CC(C)CNc1nc(NCc2ccc(C3CCCCC3)cc2)nc2c1ncn2CC(=O)O. The molecule has 1 saturated carbocycles. The van der Waals surface area contributed by atoms with Crippen LogP contribution in [0.4, 0.5) is 11.8 Å². The molecule has 0 unspecified atom stereocenters. The Morgan fingerprint density at radius 2 is 1.88 bits per heavy atom. The third-order valence-corrected chi connectivity index (χ3v) is 5.95. The van der Waals surface area contributed by atoms with Crippen LogP contribution in [0.5, 0.6) is 0 Å². The average Bonchev–Trinajstić information content (AvgIpc) is 3.19. The van der Waals surface area contributed by atoms with Gasteiger partial charge in [-0.1, -0.05) is 57.4 Å². The molecule has 1 fully saturated rings. The molecule has 0 amide bonds. The Labute approximate surface area is 188 Å². The second-order valence-corrected chi connectivity index (χ2v) is 9.04. The number of carbonyl (C=O) groups is 1. The Morgan fingerprint density at radius 1 is 1.12 bits per heavy atom. The highest BCUT2D eigenvalue weighted by Crippen LogP contribution is 2.32. The zero-order chi connectivity index (χ0) is 22.5. The standard InChI is InChI=1S/C24H32N6O2/c1-16(2)12-25-22-21-23(30(15-27-21)14-20(31)32)29-24(28-22)26-13-17-8-10-19(11-9-17)18-6-4-3-5-7-18/h8-11,15-16,18H,3-7,12-14H2,1-2H3,(H,31,32)(H2,25,26,28,29). The van der Waals surface area contributed by atoms with E-state index in [1.807, 2.05) is 0 Å². The topological polar surface area (TPSA) is 105 Å². The van der Waals surface area contributed by atoms with Gasteiger partial charge in [-0.25, -0.2) is 4.98 Å². The molecule has 1 aliphatic rings. The molecule has 0 radical (unpaired) electrons. The zero-order valence-corrected chi connectivity index (χ0v) is 18.8. The molecule has 0 spiro atoms. The van der Waals surface area contributed by atoms with E-state index in [0.717, 1.165) is 12.1 Å². The third-order valence-electron chi connectivity index (χ3n) is 5.95. The van der Waals surface area contributed by atoms with Crippen LogP contribution in [0.25, 0.3) is 11.2 Å². The molecule has 2 aromatic heterocycles. The van der Waals surface area contributed by atoms with Gasteiger partial charge in [0, 0.05) is 13.1 Å². The summed E-state index contributed by atoms with van der Waals surface area (Å²) < 4.78 is 1.53. The highest BCUT2D eigenvalue weighted by Gasteiger charge is 2.16. The molecule has 0 aliphatic heterocycles. The first-order chi connectivity index (χ1) is 15.5. The number of benzene rings is 1. The van der Waals surface area contributed by atoms with Crippen molar-refractivity contribution in [3.8, 4) is 0 Å². The molecule has 3 N–H and O–H groups in total. The van der Waals surface area contributed by atoms with Gasteiger partial charge in [-0.3, -0.25) is 4.79 Å². The second kappa shape index (κ2) is 9.97. The highest BCUT2D eigenvalue weighted by atomic mass is 16.4. The molecular weight excluding hydrogens is 404 g/mol. The number of carboxylic acid groups (broad SMARTS) is 1. The highest BCUT2D eigenvalue weighted by molar-refractivity contribution is 5.85. The van der Waals surface area contributed by atoms with Crippen LogP contribution in [0.1, 0.15) is 63.0 Å². The molecule has 32 heavy (non-hydrogen) atoms. The first kappa shape index (κ1) is 22.0. The lowest BCUT2D eigenvalue weighted by Crippen LogP contribution is -2.13. The normalized spacial score (nSPS) is 14.7. The molecule has 2 heterocycles. The fourth-order valence-corrected chi connectivity index (χ4v) is 4.23. The van der Waals surface area contributed by atoms with E-state index >= 15 is 0 Å². The van der Waals surface area contributed by atoms with Crippen LogP contribution in [0.15, 0.2) is 30.6 Å². The Bertz CT molecular complexity index is 1050. The number of carboxylic acids is 1. The van der Waals surface area contributed by atoms with Crippen LogP contribution < -0.4 is 10.6 Å². The van der Waals surface area contributed by atoms with Crippen LogP contribution in [0.2, 0.25) is 0 Å². The number of rotatable bonds is 9. The summed E-state index contributed by atoms with van der Waals surface area (Å²) >= 11 is 0. The van der Waals surface area contributed by atoms with E-state index in [4.69, 9.17) is 0 Å². The van der Waals surface area contributed by atoms with Crippen LogP contribution in [0.3, 0.4) is 0 Å². The van der Waals surface area contributed by atoms with Crippen LogP contribution in [0, 0.1) is 5.92 Å². The van der Waals surface area contributed by atoms with Gasteiger partial charge >= 0.3 is 5.97 Å². The quantitative estimate of drug-likeness (QED) is 0.449. The Morgan fingerprint density at radius 3 is 2.56 bits per heavy atom. The van der Waals surface area contributed by atoms with Gasteiger partial charge in [0.05, 0.1) is 6.33 Å². The molecule has 1 aromatic carbocycles. The van der Waals surface area contributed by atoms with Crippen molar-refractivity contribution in [3.05, 3.63) is 41.7 Å². The minimum atomic E-state index is -0.938. The van der Waals surface area contributed by atoms with Crippen molar-refractivity contribution >= 4 is 28.9 Å². The minimum absolute atomic E-state index is 0.195. The summed E-state index contributed by atoms with van der Waals surface area (Å²) in [7, 11) is 0. The summed E-state index contributed by atoms with van der Waals surface area (Å²) in [5, 5.41) is 15.8. The van der Waals surface area contributed by atoms with Crippen molar-refractivity contribution in [2.75, 3.05) is 17.2 Å². The number of nitrogens with zero attached hydrogens (tertiary/aromatic N) is 4. The van der Waals surface area contributed by atoms with E-state index in [1.165, 1.54) is 48.6 Å². The van der Waals surface area contributed by atoms with Crippen molar-refractivity contribution in [3.63, 3.8) is 0 Å². The minimum Gasteiger partial charge on any atom is -0.480 e. The summed E-state index contributed by atoms with van der Waals surface area (Å²) in [4.78, 5) is 24.7. The van der Waals surface area contributed by atoms with Crippen molar-refractivity contribution in [2.24, 2.45) is 5.92 Å². The lowest BCUT2D eigenvalue weighted by Gasteiger charge is -2.22. The predicted octanol–water partition coefficient (Wildman–Crippen LogP) is 4.64. The maximum absolute atomic E-state index is 11.2. The van der Waals surface area contributed by atoms with Gasteiger partial charge in [0.15, 0.2) is 17.0 Å². The van der Waals surface area contributed by atoms with Crippen LogP contribution in [-0.4, -0.2) is 37.1 Å². The fraction of sp³-hybridized carbons (Fsp3) is 0.500. The van der Waals surface area contributed by atoms with Gasteiger partial charge in [0.25, 0.3) is 0 Å². The van der Waals surface area contributed by atoms with E-state index in [0.29, 0.717) is 41.3 Å². The molecule has 0 bridgehead atoms. The van der Waals surface area contributed by atoms with Gasteiger partial charge in [-0.2, -0.15) is 9.97 Å². The molecular formula is C24H32N6O2. The van der Waals surface area contributed by atoms with Crippen molar-refractivity contribution < 1.29 is 9.90 Å². The molecule has 1 aliphatic carbocycles. The predicted molar refractivity (Wildman–Crippen MR) is 126 cm³/mol. The fourth-order valence-electron chi connectivity index (χ4n) is 4.23. The van der Waals surface area contributed by atoms with E-state index in [-0.39, 0.29) is 6.54 Å². The summed E-state index contributed by atoms with van der Waals surface area (Å²) in [6.45, 7) is 5.36. The largest absolute Gasteiger partial charge is 0.480 e. The van der Waals surface area contributed by atoms with E-state index in [9.17, 15) is 9.90 Å². The van der Waals surface area contributed by atoms with Gasteiger partial charge < -0.3 is 20.3 Å². The van der Waals surface area contributed by atoms with Crippen LogP contribution in [-0.2, 0) is 17.9 Å². The summed E-state index contributed by atoms with van der Waals surface area (Å²) in [5.41, 5.74) is 3.67. The summed E-state index contributed by atoms with van der Waals surface area (Å²) in [6, 6.07) is 8.83. The first-order valence-electron chi connectivity index (χ1n) is 11.5. The monoisotopic (exact) mass is 436 g/mol. The van der Waals surface area contributed by atoms with Crippen molar-refractivity contribution in [2.45, 2.75) is 65.0 Å². The van der Waals surface area contributed by atoms with Crippen molar-refractivity contribution in [1.82, 2.24) is 19.5 Å². The maximum Gasteiger partial charge on any atom is 0.323 e. The average molecular weight is 437 g/mol. The number of hydrogen-bond donors (Lipinski definition) is 3. The molecule has 8 heteroatoms. The Kier molecular flexibility index (Phi) is 6.87. The molecule has 3 aromatic rings. The van der Waals surface area contributed by atoms with Crippen molar-refractivity contribution in [1.29, 1.82) is 0 Å². The molecule has 8 nitrogen and oxygen atoms in total. The number of fused-ring (bicyclic) bond motifs is 1. The maximum atomic E-state index is 11.2. The molecule has 0 atom stereocenters. The first-order valence-corrected chi connectivity index (χ1v) is 11.5. The number of hydrogen-bond acceptors (Lipinski definition) is 6. The third kappa shape index (κ3) is 5.36. The molecule has 170 valence electrons. The van der Waals surface area contributed by atoms with Gasteiger partial charge in [0.1, 0.15) is 6.54 Å². The zero-order valence-electron chi connectivity index (χ0n) is 18.8. The Balaban J connectivity index is 1.51. The number of imidazole rings is 1. The van der Waals surface area contributed by atoms with E-state index in [2.05, 4.69) is 63.7 Å². The smallest absolute Gasteiger partial charge is 0.323 e. The van der Waals surface area contributed by atoms with Gasteiger partial charge in [0.2, 0.25) is 5.95 Å². The molecule has 0 saturated heterocycles. The lowest BCUT2D eigenvalue weighted by molar-refractivity contribution is -0.137. The van der Waals surface area contributed by atoms with Gasteiger partial charge in [-0.05, 0) is 35.8 Å². The summed E-state index contributed by atoms with van der Waals surface area (Å²) in [6.07, 6.45) is 8.12. The lowest BCUT2D eigenvalue weighted by atomic mass is 9.84. The number of nitrogens with one attached hydrogen (secondary N) is 2. The second-order valence-electron chi connectivity index (χ2n) is 9.04.